The van der Waals surface area contributed by atoms with Crippen LogP contribution in [0.5, 0.6) is 0 Å². The van der Waals surface area contributed by atoms with Crippen LogP contribution in [0.4, 0.5) is 14.6 Å². The van der Waals surface area contributed by atoms with Crippen molar-refractivity contribution in [2.45, 2.75) is 25.7 Å². The highest BCUT2D eigenvalue weighted by molar-refractivity contribution is 9.10. The maximum absolute atomic E-state index is 12.0. The van der Waals surface area contributed by atoms with Gasteiger partial charge in [-0.25, -0.2) is 13.8 Å². The van der Waals surface area contributed by atoms with Crippen LogP contribution in [0.3, 0.4) is 0 Å². The minimum atomic E-state index is -2.49. The molecule has 2 rings (SSSR count). The van der Waals surface area contributed by atoms with E-state index in [0.717, 1.165) is 36.2 Å². The Morgan fingerprint density at radius 3 is 2.71 bits per heavy atom. The normalized spacial score (nSPS) is 16.3. The molecular formula is C14H18BrF2N3O. The highest BCUT2D eigenvalue weighted by Gasteiger charge is 2.22. The maximum atomic E-state index is 12.0. The van der Waals surface area contributed by atoms with Gasteiger partial charge >= 0.3 is 0 Å². The molecule has 21 heavy (non-hydrogen) atoms. The smallest absolute Gasteiger partial charge is 0.255 e. The van der Waals surface area contributed by atoms with Crippen molar-refractivity contribution in [2.75, 3.05) is 24.5 Å². The van der Waals surface area contributed by atoms with Crippen LogP contribution >= 0.6 is 15.9 Å². The number of amides is 1. The first-order valence-corrected chi connectivity index (χ1v) is 7.75. The van der Waals surface area contributed by atoms with Gasteiger partial charge in [0.2, 0.25) is 5.91 Å². The second kappa shape index (κ2) is 7.68. The Balaban J connectivity index is 1.75. The number of pyridine rings is 1. The molecule has 0 spiro atoms. The lowest BCUT2D eigenvalue weighted by molar-refractivity contribution is -0.122. The Kier molecular flexibility index (Phi) is 5.90. The summed E-state index contributed by atoms with van der Waals surface area (Å²) in [6.07, 6.45) is 1.35. The van der Waals surface area contributed by atoms with E-state index >= 15 is 0 Å². The van der Waals surface area contributed by atoms with Crippen LogP contribution in [0.25, 0.3) is 0 Å². The number of carbonyl (C=O) groups excluding carboxylic acids is 1. The van der Waals surface area contributed by atoms with E-state index in [0.29, 0.717) is 6.42 Å². The van der Waals surface area contributed by atoms with Gasteiger partial charge in [-0.05, 0) is 46.8 Å². The molecule has 0 atom stereocenters. The number of rotatable bonds is 5. The molecule has 2 heterocycles. The standard InChI is InChI=1S/C14H18BrF2N3O/c15-11-1-2-13(18-8-11)20-5-3-10(4-6-20)7-14(21)19-9-12(16)17/h1-2,8,10,12H,3-7,9H2,(H,19,21). The predicted molar refractivity (Wildman–Crippen MR) is 80.5 cm³/mol. The zero-order chi connectivity index (χ0) is 15.2. The molecule has 1 aromatic rings. The molecule has 0 aliphatic carbocycles. The van der Waals surface area contributed by atoms with Gasteiger partial charge in [0, 0.05) is 30.2 Å². The first-order chi connectivity index (χ1) is 10.0. The molecule has 0 radical (unpaired) electrons. The van der Waals surface area contributed by atoms with Gasteiger partial charge in [-0.1, -0.05) is 0 Å². The van der Waals surface area contributed by atoms with E-state index in [2.05, 4.69) is 31.1 Å². The summed E-state index contributed by atoms with van der Waals surface area (Å²) in [5.74, 6) is 0.906. The summed E-state index contributed by atoms with van der Waals surface area (Å²) in [7, 11) is 0. The molecule has 1 saturated heterocycles. The molecule has 1 fully saturated rings. The van der Waals surface area contributed by atoms with E-state index in [-0.39, 0.29) is 11.8 Å². The minimum absolute atomic E-state index is 0.259. The van der Waals surface area contributed by atoms with Gasteiger partial charge < -0.3 is 10.2 Å². The van der Waals surface area contributed by atoms with Crippen molar-refractivity contribution < 1.29 is 13.6 Å². The monoisotopic (exact) mass is 361 g/mol. The number of nitrogens with zero attached hydrogens (tertiary/aromatic N) is 2. The number of halogens is 3. The summed E-state index contributed by atoms with van der Waals surface area (Å²) >= 11 is 3.35. The van der Waals surface area contributed by atoms with Gasteiger partial charge in [0.05, 0.1) is 6.54 Å². The first-order valence-electron chi connectivity index (χ1n) is 6.96. The summed E-state index contributed by atoms with van der Waals surface area (Å²) < 4.78 is 25.0. The average molecular weight is 362 g/mol. The summed E-state index contributed by atoms with van der Waals surface area (Å²) in [5.41, 5.74) is 0. The zero-order valence-electron chi connectivity index (χ0n) is 11.6. The fourth-order valence-corrected chi connectivity index (χ4v) is 2.68. The fourth-order valence-electron chi connectivity index (χ4n) is 2.45. The van der Waals surface area contributed by atoms with E-state index in [1.807, 2.05) is 12.1 Å². The third-order valence-electron chi connectivity index (χ3n) is 3.58. The van der Waals surface area contributed by atoms with Crippen molar-refractivity contribution in [3.05, 3.63) is 22.8 Å². The lowest BCUT2D eigenvalue weighted by Gasteiger charge is -2.32. The molecule has 1 N–H and O–H groups in total. The summed E-state index contributed by atoms with van der Waals surface area (Å²) in [6, 6.07) is 3.91. The van der Waals surface area contributed by atoms with Gasteiger partial charge in [-0.2, -0.15) is 0 Å². The predicted octanol–water partition coefficient (Wildman–Crippen LogP) is 2.83. The lowest BCUT2D eigenvalue weighted by atomic mass is 9.93. The third kappa shape index (κ3) is 5.22. The SMILES string of the molecule is O=C(CC1CCN(c2ccc(Br)cn2)CC1)NCC(F)F. The molecule has 116 valence electrons. The van der Waals surface area contributed by atoms with Crippen LogP contribution in [0.1, 0.15) is 19.3 Å². The fraction of sp³-hybridized carbons (Fsp3) is 0.571. The third-order valence-corrected chi connectivity index (χ3v) is 4.05. The van der Waals surface area contributed by atoms with E-state index in [4.69, 9.17) is 0 Å². The second-order valence-electron chi connectivity index (χ2n) is 5.16. The molecule has 4 nitrogen and oxygen atoms in total. The molecular weight excluding hydrogens is 344 g/mol. The van der Waals surface area contributed by atoms with Crippen LogP contribution in [-0.4, -0.2) is 37.0 Å². The van der Waals surface area contributed by atoms with Crippen molar-refractivity contribution >= 4 is 27.7 Å². The van der Waals surface area contributed by atoms with Crippen molar-refractivity contribution in [1.29, 1.82) is 0 Å². The number of hydrogen-bond donors (Lipinski definition) is 1. The summed E-state index contributed by atoms with van der Waals surface area (Å²) in [4.78, 5) is 18.1. The van der Waals surface area contributed by atoms with Crippen molar-refractivity contribution in [1.82, 2.24) is 10.3 Å². The van der Waals surface area contributed by atoms with Crippen LogP contribution in [0.2, 0.25) is 0 Å². The topological polar surface area (TPSA) is 45.2 Å². The van der Waals surface area contributed by atoms with Gasteiger partial charge in [-0.15, -0.1) is 0 Å². The van der Waals surface area contributed by atoms with Crippen LogP contribution in [0.15, 0.2) is 22.8 Å². The number of alkyl halides is 2. The molecule has 1 aliphatic rings. The van der Waals surface area contributed by atoms with E-state index in [9.17, 15) is 13.6 Å². The van der Waals surface area contributed by atoms with Gasteiger partial charge in [-0.3, -0.25) is 4.79 Å². The average Bonchev–Trinajstić information content (AvgIpc) is 2.47. The van der Waals surface area contributed by atoms with Crippen LogP contribution < -0.4 is 10.2 Å². The quantitative estimate of drug-likeness (QED) is 0.876. The van der Waals surface area contributed by atoms with E-state index in [1.54, 1.807) is 6.20 Å². The Labute approximate surface area is 131 Å². The Bertz CT molecular complexity index is 462. The zero-order valence-corrected chi connectivity index (χ0v) is 13.2. The van der Waals surface area contributed by atoms with Crippen molar-refractivity contribution in [2.24, 2.45) is 5.92 Å². The molecule has 1 aromatic heterocycles. The summed E-state index contributed by atoms with van der Waals surface area (Å²) in [6.45, 7) is 1.11. The molecule has 1 amide bonds. The number of piperidine rings is 1. The molecule has 1 aliphatic heterocycles. The Hall–Kier alpha value is -1.24. The number of anilines is 1. The Morgan fingerprint density at radius 2 is 2.14 bits per heavy atom. The highest BCUT2D eigenvalue weighted by Crippen LogP contribution is 2.24. The van der Waals surface area contributed by atoms with Crippen LogP contribution in [-0.2, 0) is 4.79 Å². The van der Waals surface area contributed by atoms with E-state index in [1.165, 1.54) is 0 Å². The highest BCUT2D eigenvalue weighted by atomic mass is 79.9. The number of aromatic nitrogens is 1. The minimum Gasteiger partial charge on any atom is -0.357 e. The number of hydrogen-bond acceptors (Lipinski definition) is 3. The number of nitrogens with one attached hydrogen (secondary N) is 1. The Morgan fingerprint density at radius 1 is 1.43 bits per heavy atom. The largest absolute Gasteiger partial charge is 0.357 e. The van der Waals surface area contributed by atoms with E-state index < -0.39 is 13.0 Å². The molecule has 7 heteroatoms. The molecule has 0 aromatic carbocycles. The van der Waals surface area contributed by atoms with Gasteiger partial charge in [0.25, 0.3) is 6.43 Å². The lowest BCUT2D eigenvalue weighted by Crippen LogP contribution is -2.37. The van der Waals surface area contributed by atoms with Gasteiger partial charge in [0.15, 0.2) is 0 Å². The molecule has 0 saturated carbocycles. The molecule has 0 bridgehead atoms. The first kappa shape index (κ1) is 16.1. The maximum Gasteiger partial charge on any atom is 0.255 e. The van der Waals surface area contributed by atoms with Crippen molar-refractivity contribution in [3.8, 4) is 0 Å². The molecule has 0 unspecified atom stereocenters. The van der Waals surface area contributed by atoms with Crippen molar-refractivity contribution in [3.63, 3.8) is 0 Å². The number of carbonyl (C=O) groups is 1. The van der Waals surface area contributed by atoms with Gasteiger partial charge in [0.1, 0.15) is 5.82 Å². The summed E-state index contributed by atoms with van der Waals surface area (Å²) in [5, 5.41) is 2.26. The van der Waals surface area contributed by atoms with Crippen LogP contribution in [0, 0.1) is 5.92 Å². The second-order valence-corrected chi connectivity index (χ2v) is 6.08.